The van der Waals surface area contributed by atoms with E-state index in [-0.39, 0.29) is 34.4 Å². The SMILES string of the molecule is COc1ccc(CN2C(=O)C(C#Cc3cc(F)c(Cl)c(NP(=S)(c4ccccc4)c4ccccc4)c3NC(=O)OC(C)(C)C)c3cc(Cl)ccc32)cc1. The van der Waals surface area contributed by atoms with Crippen molar-refractivity contribution in [1.29, 1.82) is 0 Å². The molecular weight excluding hydrogens is 751 g/mol. The van der Waals surface area contributed by atoms with E-state index in [1.807, 2.05) is 84.9 Å². The first-order valence-corrected chi connectivity index (χ1v) is 20.1. The van der Waals surface area contributed by atoms with Crippen molar-refractivity contribution >= 4 is 80.9 Å². The zero-order chi connectivity index (χ0) is 37.9. The van der Waals surface area contributed by atoms with E-state index in [2.05, 4.69) is 22.2 Å². The van der Waals surface area contributed by atoms with Crippen LogP contribution >= 0.6 is 29.4 Å². The van der Waals surface area contributed by atoms with Gasteiger partial charge in [0.25, 0.3) is 0 Å². The molecule has 1 heterocycles. The molecule has 2 N–H and O–H groups in total. The van der Waals surface area contributed by atoms with Gasteiger partial charge in [-0.1, -0.05) is 120 Å². The Morgan fingerprint density at radius 3 is 2.13 bits per heavy atom. The molecule has 1 unspecified atom stereocenters. The van der Waals surface area contributed by atoms with Crippen molar-refractivity contribution in [1.82, 2.24) is 0 Å². The Balaban J connectivity index is 1.47. The van der Waals surface area contributed by atoms with Crippen LogP contribution in [0.4, 0.5) is 26.2 Å². The Bertz CT molecular complexity index is 2250. The number of anilines is 3. The highest BCUT2D eigenvalue weighted by Crippen LogP contribution is 2.49. The number of carbonyl (C=O) groups is 2. The lowest BCUT2D eigenvalue weighted by Crippen LogP contribution is -2.28. The topological polar surface area (TPSA) is 79.9 Å². The second-order valence-corrected chi connectivity index (χ2v) is 18.1. The number of nitrogens with zero attached hydrogens (tertiary/aromatic N) is 1. The predicted octanol–water partition coefficient (Wildman–Crippen LogP) is 9.63. The maximum Gasteiger partial charge on any atom is 0.412 e. The van der Waals surface area contributed by atoms with Crippen LogP contribution in [-0.2, 0) is 27.9 Å². The zero-order valence-electron chi connectivity index (χ0n) is 29.2. The molecule has 0 aliphatic carbocycles. The number of nitrogens with one attached hydrogen (secondary N) is 2. The van der Waals surface area contributed by atoms with Crippen LogP contribution in [0.2, 0.25) is 10.0 Å². The third kappa shape index (κ3) is 8.38. The Labute approximate surface area is 323 Å². The third-order valence-electron chi connectivity index (χ3n) is 8.31. The number of halogens is 3. The molecule has 0 saturated carbocycles. The summed E-state index contributed by atoms with van der Waals surface area (Å²) in [6.07, 6.45) is -3.78. The summed E-state index contributed by atoms with van der Waals surface area (Å²) in [6.45, 7) is 5.44. The number of carbonyl (C=O) groups excluding carboxylic acids is 2. The normalized spacial score (nSPS) is 13.8. The Hall–Kier alpha value is -4.84. The van der Waals surface area contributed by atoms with Crippen LogP contribution in [0.25, 0.3) is 0 Å². The average molecular weight is 787 g/mol. The highest BCUT2D eigenvalue weighted by molar-refractivity contribution is 8.22. The maximum absolute atomic E-state index is 15.9. The molecule has 1 atom stereocenters. The van der Waals surface area contributed by atoms with Gasteiger partial charge in [-0.25, -0.2) is 9.18 Å². The summed E-state index contributed by atoms with van der Waals surface area (Å²) in [5.41, 5.74) is 1.39. The van der Waals surface area contributed by atoms with Crippen LogP contribution in [0.5, 0.6) is 5.75 Å². The molecule has 0 bridgehead atoms. The van der Waals surface area contributed by atoms with Gasteiger partial charge in [-0.15, -0.1) is 0 Å². The van der Waals surface area contributed by atoms with Crippen LogP contribution in [0.3, 0.4) is 0 Å². The maximum atomic E-state index is 15.9. The lowest BCUT2D eigenvalue weighted by atomic mass is 10.0. The Morgan fingerprint density at radius 1 is 0.925 bits per heavy atom. The van der Waals surface area contributed by atoms with Gasteiger partial charge in [0.1, 0.15) is 28.1 Å². The van der Waals surface area contributed by atoms with E-state index in [9.17, 15) is 9.59 Å². The molecule has 1 aliphatic heterocycles. The first-order valence-electron chi connectivity index (χ1n) is 16.5. The number of fused-ring (bicyclic) bond motifs is 1. The predicted molar refractivity (Wildman–Crippen MR) is 217 cm³/mol. The minimum absolute atomic E-state index is 0.0280. The van der Waals surface area contributed by atoms with E-state index in [1.165, 1.54) is 0 Å². The molecule has 270 valence electrons. The summed E-state index contributed by atoms with van der Waals surface area (Å²) in [5, 5.41) is 7.83. The number of methoxy groups -OCH3 is 1. The molecule has 0 spiro atoms. The van der Waals surface area contributed by atoms with Crippen LogP contribution in [0.1, 0.15) is 43.4 Å². The number of rotatable bonds is 8. The molecule has 0 saturated heterocycles. The van der Waals surface area contributed by atoms with Gasteiger partial charge >= 0.3 is 6.09 Å². The second-order valence-electron chi connectivity index (χ2n) is 13.2. The largest absolute Gasteiger partial charge is 0.497 e. The molecule has 2 amide bonds. The molecular formula is C41H35Cl2FN3O4PS. The number of ether oxygens (including phenoxy) is 2. The van der Waals surface area contributed by atoms with Gasteiger partial charge in [-0.2, -0.15) is 0 Å². The number of hydrogen-bond acceptors (Lipinski definition) is 5. The molecule has 1 aliphatic rings. The van der Waals surface area contributed by atoms with Gasteiger partial charge in [0.2, 0.25) is 5.91 Å². The minimum atomic E-state index is -2.96. The van der Waals surface area contributed by atoms with Crippen LogP contribution < -0.4 is 30.6 Å². The zero-order valence-corrected chi connectivity index (χ0v) is 32.5. The summed E-state index contributed by atoms with van der Waals surface area (Å²) in [7, 11) is 1.59. The van der Waals surface area contributed by atoms with Crippen LogP contribution in [-0.4, -0.2) is 24.7 Å². The van der Waals surface area contributed by atoms with Gasteiger partial charge in [0, 0.05) is 26.9 Å². The summed E-state index contributed by atoms with van der Waals surface area (Å²) in [4.78, 5) is 29.1. The van der Waals surface area contributed by atoms with E-state index in [0.29, 0.717) is 22.0 Å². The van der Waals surface area contributed by atoms with Crippen LogP contribution in [0, 0.1) is 17.7 Å². The van der Waals surface area contributed by atoms with Crippen LogP contribution in [0.15, 0.2) is 109 Å². The Kier molecular flexibility index (Phi) is 11.2. The Morgan fingerprint density at radius 2 is 1.55 bits per heavy atom. The van der Waals surface area contributed by atoms with E-state index < -0.39 is 29.6 Å². The smallest absolute Gasteiger partial charge is 0.412 e. The fourth-order valence-corrected chi connectivity index (χ4v) is 9.58. The fourth-order valence-electron chi connectivity index (χ4n) is 5.85. The van der Waals surface area contributed by atoms with Crippen molar-refractivity contribution in [2.75, 3.05) is 22.4 Å². The fraction of sp³-hybridized carbons (Fsp3) is 0.171. The summed E-state index contributed by atoms with van der Waals surface area (Å²) >= 11 is 19.5. The van der Waals surface area contributed by atoms with Crippen molar-refractivity contribution in [3.63, 3.8) is 0 Å². The molecule has 7 nitrogen and oxygen atoms in total. The standard InChI is InChI=1S/C41H35Cl2FN3O4PS/c1-41(2,3)51-40(49)45-37-27(23-34(44)36(43)38(37)46-52(53,30-11-7-5-8-12-30)31-13-9-6-10-14-31)17-21-32-33-24-28(42)18-22-35(33)47(39(32)48)25-26-15-19-29(50-4)20-16-26/h5-16,18-20,22-24,32H,25H2,1-4H3,(H,45,49)(H,46,53). The first-order chi connectivity index (χ1) is 25.3. The van der Waals surface area contributed by atoms with E-state index in [0.717, 1.165) is 22.2 Å². The van der Waals surface area contributed by atoms with Gasteiger partial charge in [-0.3, -0.25) is 10.1 Å². The van der Waals surface area contributed by atoms with Crippen molar-refractivity contribution in [3.05, 3.63) is 142 Å². The van der Waals surface area contributed by atoms with Crippen molar-refractivity contribution in [2.45, 2.75) is 38.8 Å². The van der Waals surface area contributed by atoms with Crippen molar-refractivity contribution in [2.24, 2.45) is 0 Å². The lowest BCUT2D eigenvalue weighted by molar-refractivity contribution is -0.118. The minimum Gasteiger partial charge on any atom is -0.497 e. The van der Waals surface area contributed by atoms with Gasteiger partial charge in [-0.05, 0) is 62.7 Å². The quantitative estimate of drug-likeness (QED) is 0.121. The van der Waals surface area contributed by atoms with Gasteiger partial charge in [0.05, 0.1) is 36.8 Å². The molecule has 0 aromatic heterocycles. The molecule has 0 radical (unpaired) electrons. The molecule has 53 heavy (non-hydrogen) atoms. The van der Waals surface area contributed by atoms with Gasteiger partial charge < -0.3 is 19.5 Å². The van der Waals surface area contributed by atoms with E-state index in [4.69, 9.17) is 44.5 Å². The molecule has 5 aromatic carbocycles. The van der Waals surface area contributed by atoms with Crippen molar-refractivity contribution < 1.29 is 23.5 Å². The average Bonchev–Trinajstić information content (AvgIpc) is 3.39. The highest BCUT2D eigenvalue weighted by atomic mass is 35.5. The van der Waals surface area contributed by atoms with Gasteiger partial charge in [0.15, 0.2) is 0 Å². The molecule has 12 heteroatoms. The second kappa shape index (κ2) is 15.6. The van der Waals surface area contributed by atoms with E-state index >= 15 is 4.39 Å². The monoisotopic (exact) mass is 785 g/mol. The molecule has 0 fully saturated rings. The number of hydrogen-bond donors (Lipinski definition) is 2. The summed E-state index contributed by atoms with van der Waals surface area (Å²) in [5.74, 6) is 4.71. The molecule has 6 rings (SSSR count). The number of amides is 2. The molecule has 5 aromatic rings. The first kappa shape index (κ1) is 37.9. The highest BCUT2D eigenvalue weighted by Gasteiger charge is 2.37. The third-order valence-corrected chi connectivity index (χ3v) is 13.0. The van der Waals surface area contributed by atoms with E-state index in [1.54, 1.807) is 51.0 Å². The summed E-state index contributed by atoms with van der Waals surface area (Å²) < 4.78 is 26.8. The van der Waals surface area contributed by atoms with Crippen molar-refractivity contribution in [3.8, 4) is 17.6 Å². The lowest BCUT2D eigenvalue weighted by Gasteiger charge is -2.28. The number of benzene rings is 5. The summed E-state index contributed by atoms with van der Waals surface area (Å²) in [6, 6.07) is 32.5.